The van der Waals surface area contributed by atoms with E-state index in [4.69, 9.17) is 5.73 Å². The summed E-state index contributed by atoms with van der Waals surface area (Å²) in [6.07, 6.45) is 10.9. The molecule has 2 atom stereocenters. The molecular formula is C13H25N. The molecule has 0 aromatic carbocycles. The minimum Gasteiger partial charge on any atom is -0.325 e. The van der Waals surface area contributed by atoms with Gasteiger partial charge in [-0.3, -0.25) is 0 Å². The summed E-state index contributed by atoms with van der Waals surface area (Å²) >= 11 is 0. The number of rotatable bonds is 2. The number of nitrogens with two attached hydrogens (primary N) is 1. The first-order valence-corrected chi connectivity index (χ1v) is 6.33. The fourth-order valence-corrected chi connectivity index (χ4v) is 3.73. The zero-order valence-electron chi connectivity index (χ0n) is 9.81. The summed E-state index contributed by atoms with van der Waals surface area (Å²) in [5.74, 6) is 0.750. The molecule has 2 unspecified atom stereocenters. The summed E-state index contributed by atoms with van der Waals surface area (Å²) in [6, 6.07) is 0. The highest BCUT2D eigenvalue weighted by Crippen LogP contribution is 2.48. The van der Waals surface area contributed by atoms with E-state index in [9.17, 15) is 0 Å². The van der Waals surface area contributed by atoms with Crippen LogP contribution in [-0.4, -0.2) is 5.54 Å². The normalized spacial score (nSPS) is 41.8. The molecule has 2 N–H and O–H groups in total. The molecule has 2 saturated carbocycles. The van der Waals surface area contributed by atoms with Gasteiger partial charge in [-0.2, -0.15) is 0 Å². The van der Waals surface area contributed by atoms with Crippen molar-refractivity contribution in [3.8, 4) is 0 Å². The first kappa shape index (κ1) is 10.5. The summed E-state index contributed by atoms with van der Waals surface area (Å²) in [4.78, 5) is 0. The van der Waals surface area contributed by atoms with Gasteiger partial charge in [-0.15, -0.1) is 0 Å². The summed E-state index contributed by atoms with van der Waals surface area (Å²) in [6.45, 7) is 4.81. The fourth-order valence-electron chi connectivity index (χ4n) is 3.73. The third-order valence-electron chi connectivity index (χ3n) is 4.83. The first-order chi connectivity index (χ1) is 6.54. The van der Waals surface area contributed by atoms with Gasteiger partial charge in [-0.1, -0.05) is 33.1 Å². The minimum atomic E-state index is 0.180. The van der Waals surface area contributed by atoms with Crippen molar-refractivity contribution in [3.05, 3.63) is 0 Å². The van der Waals surface area contributed by atoms with Gasteiger partial charge in [0.2, 0.25) is 0 Å². The minimum absolute atomic E-state index is 0.180. The second-order valence-corrected chi connectivity index (χ2v) is 6.22. The van der Waals surface area contributed by atoms with E-state index in [1.807, 2.05) is 0 Å². The zero-order chi connectivity index (χ0) is 10.2. The third-order valence-corrected chi connectivity index (χ3v) is 4.83. The molecule has 0 aromatic heterocycles. The van der Waals surface area contributed by atoms with Crippen molar-refractivity contribution in [2.75, 3.05) is 0 Å². The van der Waals surface area contributed by atoms with Crippen LogP contribution in [0, 0.1) is 11.3 Å². The molecule has 0 heterocycles. The highest BCUT2D eigenvalue weighted by atomic mass is 14.8. The van der Waals surface area contributed by atoms with Gasteiger partial charge in [-0.05, 0) is 43.4 Å². The highest BCUT2D eigenvalue weighted by molar-refractivity contribution is 4.99. The molecule has 2 aliphatic rings. The Morgan fingerprint density at radius 1 is 1.14 bits per heavy atom. The topological polar surface area (TPSA) is 26.0 Å². The van der Waals surface area contributed by atoms with Crippen LogP contribution >= 0.6 is 0 Å². The molecular weight excluding hydrogens is 170 g/mol. The van der Waals surface area contributed by atoms with Crippen LogP contribution in [0.4, 0.5) is 0 Å². The van der Waals surface area contributed by atoms with Crippen molar-refractivity contribution in [1.29, 1.82) is 0 Å². The average Bonchev–Trinajstić information content (AvgIpc) is 2.62. The lowest BCUT2D eigenvalue weighted by Crippen LogP contribution is -2.45. The van der Waals surface area contributed by atoms with Gasteiger partial charge in [0.1, 0.15) is 0 Å². The average molecular weight is 195 g/mol. The summed E-state index contributed by atoms with van der Waals surface area (Å²) in [5.41, 5.74) is 7.32. The van der Waals surface area contributed by atoms with Gasteiger partial charge in [0, 0.05) is 5.54 Å². The Balaban J connectivity index is 2.01. The van der Waals surface area contributed by atoms with E-state index in [-0.39, 0.29) is 5.54 Å². The van der Waals surface area contributed by atoms with Crippen molar-refractivity contribution in [2.45, 2.75) is 70.8 Å². The molecule has 82 valence electrons. The van der Waals surface area contributed by atoms with Crippen LogP contribution < -0.4 is 5.73 Å². The van der Waals surface area contributed by atoms with Crippen LogP contribution in [0.25, 0.3) is 0 Å². The first-order valence-electron chi connectivity index (χ1n) is 6.33. The molecule has 0 spiro atoms. The van der Waals surface area contributed by atoms with E-state index in [2.05, 4.69) is 13.8 Å². The summed E-state index contributed by atoms with van der Waals surface area (Å²) in [7, 11) is 0. The van der Waals surface area contributed by atoms with Crippen LogP contribution in [0.15, 0.2) is 0 Å². The van der Waals surface area contributed by atoms with Gasteiger partial charge in [0.15, 0.2) is 0 Å². The largest absolute Gasteiger partial charge is 0.325 e. The van der Waals surface area contributed by atoms with E-state index < -0.39 is 0 Å². The lowest BCUT2D eigenvalue weighted by molar-refractivity contribution is 0.186. The molecule has 0 radical (unpaired) electrons. The lowest BCUT2D eigenvalue weighted by atomic mass is 9.72. The van der Waals surface area contributed by atoms with E-state index in [1.165, 1.54) is 51.4 Å². The maximum absolute atomic E-state index is 6.57. The molecule has 0 amide bonds. The monoisotopic (exact) mass is 195 g/mol. The van der Waals surface area contributed by atoms with Gasteiger partial charge in [-0.25, -0.2) is 0 Å². The molecule has 0 bridgehead atoms. The molecule has 2 aliphatic carbocycles. The molecule has 0 aliphatic heterocycles. The fraction of sp³-hybridized carbons (Fsp3) is 1.00. The number of hydrogen-bond acceptors (Lipinski definition) is 1. The predicted octanol–water partition coefficient (Wildman–Crippen LogP) is 3.47. The molecule has 1 heteroatoms. The Morgan fingerprint density at radius 2 is 1.79 bits per heavy atom. The standard InChI is InChI=1S/C13H25N/c1-11-6-5-9-13(11,14)10-12(2)7-3-4-8-12/h11H,3-10,14H2,1-2H3. The summed E-state index contributed by atoms with van der Waals surface area (Å²) in [5, 5.41) is 0. The van der Waals surface area contributed by atoms with E-state index in [0.717, 1.165) is 5.92 Å². The van der Waals surface area contributed by atoms with E-state index in [0.29, 0.717) is 5.41 Å². The molecule has 2 rings (SSSR count). The second kappa shape index (κ2) is 3.52. The summed E-state index contributed by atoms with van der Waals surface area (Å²) < 4.78 is 0. The SMILES string of the molecule is CC1CCCC1(N)CC1(C)CCCC1. The molecule has 1 nitrogen and oxygen atoms in total. The Morgan fingerprint density at radius 3 is 2.29 bits per heavy atom. The smallest absolute Gasteiger partial charge is 0.0185 e. The second-order valence-electron chi connectivity index (χ2n) is 6.22. The quantitative estimate of drug-likeness (QED) is 0.717. The lowest BCUT2D eigenvalue weighted by Gasteiger charge is -2.37. The van der Waals surface area contributed by atoms with Crippen LogP contribution in [0.2, 0.25) is 0 Å². The van der Waals surface area contributed by atoms with Crippen LogP contribution in [-0.2, 0) is 0 Å². The van der Waals surface area contributed by atoms with Crippen molar-refractivity contribution < 1.29 is 0 Å². The predicted molar refractivity (Wildman–Crippen MR) is 61.1 cm³/mol. The Hall–Kier alpha value is -0.0400. The Kier molecular flexibility index (Phi) is 2.63. The van der Waals surface area contributed by atoms with Gasteiger partial charge in [0.25, 0.3) is 0 Å². The van der Waals surface area contributed by atoms with E-state index >= 15 is 0 Å². The van der Waals surface area contributed by atoms with Crippen LogP contribution in [0.3, 0.4) is 0 Å². The van der Waals surface area contributed by atoms with Crippen molar-refractivity contribution in [1.82, 2.24) is 0 Å². The zero-order valence-corrected chi connectivity index (χ0v) is 9.81. The molecule has 2 fully saturated rings. The van der Waals surface area contributed by atoms with Crippen LogP contribution in [0.1, 0.15) is 65.2 Å². The maximum Gasteiger partial charge on any atom is 0.0185 e. The molecule has 0 aromatic rings. The van der Waals surface area contributed by atoms with Gasteiger partial charge >= 0.3 is 0 Å². The van der Waals surface area contributed by atoms with E-state index in [1.54, 1.807) is 0 Å². The molecule has 0 saturated heterocycles. The van der Waals surface area contributed by atoms with Crippen molar-refractivity contribution in [2.24, 2.45) is 17.1 Å². The third kappa shape index (κ3) is 1.84. The Labute approximate surface area is 88.4 Å². The van der Waals surface area contributed by atoms with Gasteiger partial charge in [0.05, 0.1) is 0 Å². The number of hydrogen-bond donors (Lipinski definition) is 1. The molecule has 14 heavy (non-hydrogen) atoms. The Bertz CT molecular complexity index is 205. The van der Waals surface area contributed by atoms with Crippen molar-refractivity contribution in [3.63, 3.8) is 0 Å². The van der Waals surface area contributed by atoms with Crippen LogP contribution in [0.5, 0.6) is 0 Å². The van der Waals surface area contributed by atoms with Crippen molar-refractivity contribution >= 4 is 0 Å². The highest BCUT2D eigenvalue weighted by Gasteiger charge is 2.42. The van der Waals surface area contributed by atoms with Gasteiger partial charge < -0.3 is 5.73 Å². The maximum atomic E-state index is 6.57.